The molecule has 0 radical (unpaired) electrons. The number of hydrogen-bond acceptors (Lipinski definition) is 3. The van der Waals surface area contributed by atoms with Gasteiger partial charge in [0, 0.05) is 21.8 Å². The molecule has 2 aromatic heterocycles. The number of rotatable bonds is 5. The van der Waals surface area contributed by atoms with Crippen LogP contribution in [0.4, 0.5) is 0 Å². The number of thiophene rings is 1. The van der Waals surface area contributed by atoms with Crippen LogP contribution >= 0.6 is 38.9 Å². The summed E-state index contributed by atoms with van der Waals surface area (Å²) in [5, 5.41) is 10.5. The molecule has 0 aliphatic rings. The minimum atomic E-state index is 0.0984. The SMILES string of the molecule is CCCNC(c1cc(Br)cs1)c1c(Cl)cnn1C. The van der Waals surface area contributed by atoms with Gasteiger partial charge in [-0.2, -0.15) is 5.10 Å². The lowest BCUT2D eigenvalue weighted by atomic mass is 10.1. The normalized spacial score (nSPS) is 12.9. The lowest BCUT2D eigenvalue weighted by molar-refractivity contribution is 0.560. The van der Waals surface area contributed by atoms with Crippen molar-refractivity contribution in [2.75, 3.05) is 6.54 Å². The van der Waals surface area contributed by atoms with E-state index in [0.29, 0.717) is 5.02 Å². The van der Waals surface area contributed by atoms with Gasteiger partial charge < -0.3 is 5.32 Å². The third-order valence-corrected chi connectivity index (χ3v) is 4.73. The maximum absolute atomic E-state index is 6.25. The Balaban J connectivity index is 2.36. The van der Waals surface area contributed by atoms with Crippen LogP contribution in [0.3, 0.4) is 0 Å². The highest BCUT2D eigenvalue weighted by Crippen LogP contribution is 2.33. The first-order valence-electron chi connectivity index (χ1n) is 5.78. The molecule has 6 heteroatoms. The fourth-order valence-electron chi connectivity index (χ4n) is 1.85. The summed E-state index contributed by atoms with van der Waals surface area (Å²) in [6.07, 6.45) is 2.78. The molecular weight excluding hydrogens is 334 g/mol. The second-order valence-corrected chi connectivity index (χ2v) is 6.32. The Morgan fingerprint density at radius 1 is 1.61 bits per heavy atom. The summed E-state index contributed by atoms with van der Waals surface area (Å²) in [6.45, 7) is 3.10. The number of aryl methyl sites for hydroxylation is 1. The quantitative estimate of drug-likeness (QED) is 0.885. The largest absolute Gasteiger partial charge is 0.304 e. The van der Waals surface area contributed by atoms with Crippen molar-refractivity contribution in [2.24, 2.45) is 7.05 Å². The van der Waals surface area contributed by atoms with E-state index in [2.05, 4.69) is 44.7 Å². The van der Waals surface area contributed by atoms with Crippen LogP contribution in [0.5, 0.6) is 0 Å². The highest BCUT2D eigenvalue weighted by Gasteiger charge is 2.21. The summed E-state index contributed by atoms with van der Waals surface area (Å²) in [4.78, 5) is 1.24. The highest BCUT2D eigenvalue weighted by atomic mass is 79.9. The van der Waals surface area contributed by atoms with Gasteiger partial charge >= 0.3 is 0 Å². The van der Waals surface area contributed by atoms with E-state index in [9.17, 15) is 0 Å². The standard InChI is InChI=1S/C12H15BrClN3S/c1-3-4-15-11(10-5-8(13)7-18-10)12-9(14)6-16-17(12)2/h5-7,11,15H,3-4H2,1-2H3. The first-order valence-corrected chi connectivity index (χ1v) is 7.83. The molecule has 0 saturated heterocycles. The van der Waals surface area contributed by atoms with E-state index in [1.807, 2.05) is 11.7 Å². The molecule has 98 valence electrons. The van der Waals surface area contributed by atoms with Gasteiger partial charge in [-0.1, -0.05) is 18.5 Å². The predicted molar refractivity (Wildman–Crippen MR) is 80.4 cm³/mol. The number of aromatic nitrogens is 2. The monoisotopic (exact) mass is 347 g/mol. The molecule has 2 heterocycles. The zero-order valence-corrected chi connectivity index (χ0v) is 13.4. The minimum absolute atomic E-state index is 0.0984. The van der Waals surface area contributed by atoms with Gasteiger partial charge in [-0.25, -0.2) is 0 Å². The molecule has 1 N–H and O–H groups in total. The van der Waals surface area contributed by atoms with Crippen molar-refractivity contribution in [3.8, 4) is 0 Å². The van der Waals surface area contributed by atoms with Crippen LogP contribution in [0.2, 0.25) is 5.02 Å². The molecule has 0 amide bonds. The van der Waals surface area contributed by atoms with Crippen molar-refractivity contribution >= 4 is 38.9 Å². The van der Waals surface area contributed by atoms with Gasteiger partial charge in [-0.05, 0) is 35.0 Å². The molecule has 2 rings (SSSR count). The summed E-state index contributed by atoms with van der Waals surface area (Å²) < 4.78 is 2.94. The van der Waals surface area contributed by atoms with Crippen molar-refractivity contribution in [3.05, 3.63) is 37.7 Å². The molecule has 0 spiro atoms. The Bertz CT molecular complexity index is 504. The van der Waals surface area contributed by atoms with E-state index in [1.54, 1.807) is 17.5 Å². The molecular formula is C12H15BrClN3S. The van der Waals surface area contributed by atoms with Crippen LogP contribution in [0, 0.1) is 0 Å². The van der Waals surface area contributed by atoms with E-state index in [1.165, 1.54) is 4.88 Å². The lowest BCUT2D eigenvalue weighted by Gasteiger charge is -2.18. The van der Waals surface area contributed by atoms with Gasteiger partial charge in [0.2, 0.25) is 0 Å². The van der Waals surface area contributed by atoms with Crippen LogP contribution < -0.4 is 5.32 Å². The number of hydrogen-bond donors (Lipinski definition) is 1. The summed E-state index contributed by atoms with van der Waals surface area (Å²) in [5.74, 6) is 0. The van der Waals surface area contributed by atoms with Gasteiger partial charge in [0.05, 0.1) is 23.0 Å². The number of halogens is 2. The average molecular weight is 349 g/mol. The minimum Gasteiger partial charge on any atom is -0.304 e. The smallest absolute Gasteiger partial charge is 0.0857 e. The van der Waals surface area contributed by atoms with Crippen LogP contribution in [0.15, 0.2) is 22.1 Å². The molecule has 18 heavy (non-hydrogen) atoms. The Labute approximate surface area is 124 Å². The van der Waals surface area contributed by atoms with Crippen LogP contribution in [0.25, 0.3) is 0 Å². The van der Waals surface area contributed by atoms with Crippen LogP contribution in [0.1, 0.15) is 30.0 Å². The highest BCUT2D eigenvalue weighted by molar-refractivity contribution is 9.10. The van der Waals surface area contributed by atoms with Crippen molar-refractivity contribution in [1.82, 2.24) is 15.1 Å². The Morgan fingerprint density at radius 2 is 2.39 bits per heavy atom. The first-order chi connectivity index (χ1) is 8.63. The molecule has 1 unspecified atom stereocenters. The van der Waals surface area contributed by atoms with Crippen molar-refractivity contribution in [2.45, 2.75) is 19.4 Å². The summed E-state index contributed by atoms with van der Waals surface area (Å²) in [6, 6.07) is 2.22. The predicted octanol–water partition coefficient (Wildman–Crippen LogP) is 3.99. The van der Waals surface area contributed by atoms with Gasteiger partial charge in [0.15, 0.2) is 0 Å². The Kier molecular flexibility index (Phi) is 4.84. The van der Waals surface area contributed by atoms with Gasteiger partial charge in [0.25, 0.3) is 0 Å². The van der Waals surface area contributed by atoms with E-state index in [4.69, 9.17) is 11.6 Å². The van der Waals surface area contributed by atoms with E-state index >= 15 is 0 Å². The zero-order chi connectivity index (χ0) is 13.1. The summed E-state index contributed by atoms with van der Waals surface area (Å²) in [5.41, 5.74) is 1.01. The van der Waals surface area contributed by atoms with Crippen molar-refractivity contribution < 1.29 is 0 Å². The first kappa shape index (κ1) is 14.1. The fraction of sp³-hybridized carbons (Fsp3) is 0.417. The molecule has 0 bridgehead atoms. The third kappa shape index (κ3) is 2.96. The second-order valence-electron chi connectivity index (χ2n) is 4.06. The number of nitrogens with one attached hydrogen (secondary N) is 1. The molecule has 0 fully saturated rings. The van der Waals surface area contributed by atoms with Crippen LogP contribution in [-0.4, -0.2) is 16.3 Å². The maximum atomic E-state index is 6.25. The molecule has 0 saturated carbocycles. The van der Waals surface area contributed by atoms with Gasteiger partial charge in [0.1, 0.15) is 0 Å². The van der Waals surface area contributed by atoms with Crippen molar-refractivity contribution in [1.29, 1.82) is 0 Å². The summed E-state index contributed by atoms with van der Waals surface area (Å²) in [7, 11) is 1.92. The topological polar surface area (TPSA) is 29.9 Å². The zero-order valence-electron chi connectivity index (χ0n) is 10.3. The average Bonchev–Trinajstić information content (AvgIpc) is 2.90. The second kappa shape index (κ2) is 6.19. The summed E-state index contributed by atoms with van der Waals surface area (Å²) >= 11 is 11.5. The van der Waals surface area contributed by atoms with E-state index in [0.717, 1.165) is 23.1 Å². The van der Waals surface area contributed by atoms with Gasteiger partial charge in [-0.15, -0.1) is 11.3 Å². The van der Waals surface area contributed by atoms with E-state index in [-0.39, 0.29) is 6.04 Å². The van der Waals surface area contributed by atoms with Crippen molar-refractivity contribution in [3.63, 3.8) is 0 Å². The number of nitrogens with zero attached hydrogens (tertiary/aromatic N) is 2. The van der Waals surface area contributed by atoms with Crippen LogP contribution in [-0.2, 0) is 7.05 Å². The molecule has 0 aliphatic carbocycles. The Hall–Kier alpha value is -0.360. The molecule has 0 aliphatic heterocycles. The molecule has 1 atom stereocenters. The Morgan fingerprint density at radius 3 is 2.89 bits per heavy atom. The molecule has 2 aromatic rings. The third-order valence-electron chi connectivity index (χ3n) is 2.68. The van der Waals surface area contributed by atoms with Gasteiger partial charge in [-0.3, -0.25) is 4.68 Å². The van der Waals surface area contributed by atoms with E-state index < -0.39 is 0 Å². The maximum Gasteiger partial charge on any atom is 0.0857 e. The molecule has 0 aromatic carbocycles. The molecule has 3 nitrogen and oxygen atoms in total. The fourth-order valence-corrected chi connectivity index (χ4v) is 3.64. The lowest BCUT2D eigenvalue weighted by Crippen LogP contribution is -2.24.